The summed E-state index contributed by atoms with van der Waals surface area (Å²) in [5.74, 6) is -1.81. The number of anilines is 4. The first-order valence-corrected chi connectivity index (χ1v) is 20.6. The topological polar surface area (TPSA) is 296 Å². The molecular weight excluding hydrogens is 817 g/mol. The number of hydrogen-bond donors (Lipinski definition) is 4. The quantitative estimate of drug-likeness (QED) is 0.118. The molecule has 0 saturated carbocycles. The largest absolute Gasteiger partial charge is 0.744 e. The molecule has 0 bridgehead atoms. The third kappa shape index (κ3) is 8.29. The van der Waals surface area contributed by atoms with Gasteiger partial charge in [0.25, 0.3) is 0 Å². The molecule has 21 heteroatoms. The Morgan fingerprint density at radius 3 is 1.47 bits per heavy atom. The number of nitrogens with one attached hydrogen (secondary N) is 4. The van der Waals surface area contributed by atoms with Crippen LogP contribution in [0, 0.1) is 0 Å². The van der Waals surface area contributed by atoms with E-state index in [-0.39, 0.29) is 39.3 Å². The number of urea groups is 1. The molecule has 0 aromatic heterocycles. The number of hydrazone groups is 2. The standard InChI is InChI=1S/C37H26N6O12S3/c44-35-29-12-9-25(15-22(29)18-31(57(50,51)52)33(35)42-40-24-4-2-1-3-5-24)38-37(46)39-26-10-13-30-23(16-26)19-32(58(53,54)55)34(36(30)45)43-41-27-8-6-21-17-28(56(47,48)49)11-7-20(21)14-27/h1-19,40-41H,(H2,38,39,46)(H,47,48,49)(H,50,51,52)(H,53,54,55)/p-3. The molecule has 58 heavy (non-hydrogen) atoms. The van der Waals surface area contributed by atoms with Crippen molar-refractivity contribution in [3.05, 3.63) is 135 Å². The van der Waals surface area contributed by atoms with Gasteiger partial charge in [-0.05, 0) is 107 Å². The van der Waals surface area contributed by atoms with Crippen LogP contribution in [0.25, 0.3) is 22.9 Å². The fraction of sp³-hybridized carbons (Fsp3) is 0. The minimum absolute atomic E-state index is 0.000670. The lowest BCUT2D eigenvalue weighted by Crippen LogP contribution is -2.28. The molecule has 0 unspecified atom stereocenters. The molecule has 0 atom stereocenters. The number of carbonyl (C=O) groups is 3. The van der Waals surface area contributed by atoms with Gasteiger partial charge in [0, 0.05) is 22.5 Å². The Balaban J connectivity index is 1.09. The summed E-state index contributed by atoms with van der Waals surface area (Å²) in [5.41, 5.74) is 4.35. The highest BCUT2D eigenvalue weighted by Crippen LogP contribution is 2.31. The zero-order chi connectivity index (χ0) is 41.6. The van der Waals surface area contributed by atoms with Crippen molar-refractivity contribution in [1.29, 1.82) is 0 Å². The molecule has 294 valence electrons. The number of hydrogen-bond acceptors (Lipinski definition) is 16. The highest BCUT2D eigenvalue weighted by atomic mass is 32.2. The Bertz CT molecular complexity index is 3090. The lowest BCUT2D eigenvalue weighted by Gasteiger charge is -2.21. The van der Waals surface area contributed by atoms with Gasteiger partial charge in [0.1, 0.15) is 41.8 Å². The minimum Gasteiger partial charge on any atom is -0.744 e. The first-order chi connectivity index (χ1) is 27.3. The molecule has 2 amide bonds. The Morgan fingerprint density at radius 1 is 0.500 bits per heavy atom. The average Bonchev–Trinajstić information content (AvgIpc) is 3.16. The fourth-order valence-electron chi connectivity index (χ4n) is 5.92. The van der Waals surface area contributed by atoms with Gasteiger partial charge in [0.2, 0.25) is 11.6 Å². The summed E-state index contributed by atoms with van der Waals surface area (Å²) in [6, 6.07) is 23.1. The first kappa shape index (κ1) is 39.4. The summed E-state index contributed by atoms with van der Waals surface area (Å²) in [7, 11) is -15.2. The van der Waals surface area contributed by atoms with Crippen LogP contribution in [0.4, 0.5) is 27.5 Å². The molecule has 4 N–H and O–H groups in total. The normalized spacial score (nSPS) is 15.6. The predicted octanol–water partition coefficient (Wildman–Crippen LogP) is 4.49. The molecule has 2 aliphatic carbocycles. The highest BCUT2D eigenvalue weighted by Gasteiger charge is 2.31. The molecule has 0 fully saturated rings. The Morgan fingerprint density at radius 2 is 0.966 bits per heavy atom. The molecule has 2 aliphatic rings. The molecule has 0 radical (unpaired) electrons. The molecular formula is C37H23N6O12S3-3. The molecule has 7 rings (SSSR count). The van der Waals surface area contributed by atoms with Gasteiger partial charge in [0.15, 0.2) is 0 Å². The number of carbonyl (C=O) groups excluding carboxylic acids is 3. The van der Waals surface area contributed by atoms with Gasteiger partial charge < -0.3 is 24.3 Å². The van der Waals surface area contributed by atoms with Crippen LogP contribution in [-0.2, 0) is 30.4 Å². The van der Waals surface area contributed by atoms with Crippen LogP contribution in [0.15, 0.2) is 128 Å². The van der Waals surface area contributed by atoms with E-state index in [2.05, 4.69) is 31.7 Å². The van der Waals surface area contributed by atoms with E-state index >= 15 is 0 Å². The molecule has 5 aromatic rings. The smallest absolute Gasteiger partial charge is 0.323 e. The van der Waals surface area contributed by atoms with Gasteiger partial charge in [-0.1, -0.05) is 30.3 Å². The van der Waals surface area contributed by atoms with Gasteiger partial charge in [0.05, 0.1) is 26.1 Å². The molecule has 0 heterocycles. The van der Waals surface area contributed by atoms with Crippen molar-refractivity contribution in [2.45, 2.75) is 4.90 Å². The van der Waals surface area contributed by atoms with Gasteiger partial charge in [-0.3, -0.25) is 20.4 Å². The van der Waals surface area contributed by atoms with Gasteiger partial charge in [-0.15, -0.1) is 0 Å². The third-order valence-electron chi connectivity index (χ3n) is 8.58. The summed E-state index contributed by atoms with van der Waals surface area (Å²) in [4.78, 5) is 37.4. The third-order valence-corrected chi connectivity index (χ3v) is 11.1. The van der Waals surface area contributed by atoms with Crippen LogP contribution < -0.4 is 21.5 Å². The van der Waals surface area contributed by atoms with Crippen LogP contribution in [-0.4, -0.2) is 67.9 Å². The number of nitrogens with zero attached hydrogens (tertiary/aromatic N) is 2. The number of benzene rings is 5. The fourth-order valence-corrected chi connectivity index (χ4v) is 7.72. The van der Waals surface area contributed by atoms with Crippen LogP contribution in [0.5, 0.6) is 0 Å². The molecule has 0 spiro atoms. The van der Waals surface area contributed by atoms with Crippen molar-refractivity contribution in [2.24, 2.45) is 10.2 Å². The highest BCUT2D eigenvalue weighted by molar-refractivity contribution is 7.91. The lowest BCUT2D eigenvalue weighted by atomic mass is 9.94. The summed E-state index contributed by atoms with van der Waals surface area (Å²) in [6.07, 6.45) is 1.87. The lowest BCUT2D eigenvalue weighted by molar-refractivity contribution is 0.105. The van der Waals surface area contributed by atoms with E-state index in [1.807, 2.05) is 0 Å². The number of ketones is 2. The molecule has 5 aromatic carbocycles. The van der Waals surface area contributed by atoms with Crippen molar-refractivity contribution < 1.29 is 53.3 Å². The predicted molar refractivity (Wildman–Crippen MR) is 210 cm³/mol. The number of rotatable bonds is 9. The van der Waals surface area contributed by atoms with E-state index in [1.54, 1.807) is 30.3 Å². The summed E-state index contributed by atoms with van der Waals surface area (Å²) >= 11 is 0. The van der Waals surface area contributed by atoms with Crippen LogP contribution in [0.1, 0.15) is 31.8 Å². The number of amides is 2. The number of allylic oxidation sites excluding steroid dienone is 2. The van der Waals surface area contributed by atoms with Crippen LogP contribution in [0.2, 0.25) is 0 Å². The maximum atomic E-state index is 13.5. The Kier molecular flexibility index (Phi) is 10.1. The van der Waals surface area contributed by atoms with E-state index in [4.69, 9.17) is 0 Å². The van der Waals surface area contributed by atoms with Crippen molar-refractivity contribution in [2.75, 3.05) is 21.5 Å². The molecule has 0 aliphatic heterocycles. The number of para-hydroxylation sites is 1. The van der Waals surface area contributed by atoms with E-state index in [1.165, 1.54) is 66.7 Å². The number of Topliss-reactive ketones (excluding diaryl/α,β-unsaturated/α-hetero) is 2. The minimum atomic E-state index is -5.29. The second kappa shape index (κ2) is 14.9. The monoisotopic (exact) mass is 839 g/mol. The summed E-state index contributed by atoms with van der Waals surface area (Å²) in [5, 5.41) is 13.6. The SMILES string of the molecule is O=C(Nc1ccc2c(c1)C=C(S(=O)(=O)[O-])C(=NNc1ccccc1)C2=O)Nc1ccc2c(c1)C=C(S(=O)(=O)[O-])C(=NNc1ccc3cc(S(=O)(=O)[O-])ccc3c1)C2=O. The van der Waals surface area contributed by atoms with Crippen molar-refractivity contribution >= 4 is 105 Å². The zero-order valence-electron chi connectivity index (χ0n) is 29.0. The van der Waals surface area contributed by atoms with E-state index in [9.17, 15) is 53.3 Å². The summed E-state index contributed by atoms with van der Waals surface area (Å²) in [6.45, 7) is 0. The second-order valence-electron chi connectivity index (χ2n) is 12.5. The molecule has 0 saturated heterocycles. The van der Waals surface area contributed by atoms with Gasteiger partial charge in [-0.25, -0.2) is 30.0 Å². The van der Waals surface area contributed by atoms with Crippen molar-refractivity contribution in [3.8, 4) is 0 Å². The maximum Gasteiger partial charge on any atom is 0.323 e. The zero-order valence-corrected chi connectivity index (χ0v) is 31.4. The van der Waals surface area contributed by atoms with E-state index < -0.39 is 74.1 Å². The van der Waals surface area contributed by atoms with Crippen LogP contribution >= 0.6 is 0 Å². The van der Waals surface area contributed by atoms with Gasteiger partial charge in [-0.2, -0.15) is 10.2 Å². The van der Waals surface area contributed by atoms with Crippen molar-refractivity contribution in [1.82, 2.24) is 0 Å². The van der Waals surface area contributed by atoms with E-state index in [0.717, 1.165) is 18.2 Å². The Labute approximate surface area is 328 Å². The van der Waals surface area contributed by atoms with Gasteiger partial charge >= 0.3 is 6.03 Å². The number of fused-ring (bicyclic) bond motifs is 3. The second-order valence-corrected chi connectivity index (χ2v) is 16.5. The maximum absolute atomic E-state index is 13.5. The molecule has 18 nitrogen and oxygen atoms in total. The van der Waals surface area contributed by atoms with Crippen LogP contribution in [0.3, 0.4) is 0 Å². The van der Waals surface area contributed by atoms with Crippen molar-refractivity contribution in [3.63, 3.8) is 0 Å². The Hall–Kier alpha value is -6.88. The van der Waals surface area contributed by atoms with E-state index in [0.29, 0.717) is 16.5 Å². The average molecular weight is 840 g/mol. The summed E-state index contributed by atoms with van der Waals surface area (Å²) < 4.78 is 107. The first-order valence-electron chi connectivity index (χ1n) is 16.4.